The molecule has 1 aromatic rings. The number of benzene rings is 1. The van der Waals surface area contributed by atoms with E-state index in [2.05, 4.69) is 6.58 Å². The van der Waals surface area contributed by atoms with Crippen molar-refractivity contribution in [1.82, 2.24) is 0 Å². The Morgan fingerprint density at radius 2 is 1.92 bits per heavy atom. The van der Waals surface area contributed by atoms with Gasteiger partial charge in [-0.2, -0.15) is 0 Å². The lowest BCUT2D eigenvalue weighted by atomic mass is 10.1. The first-order valence-electron chi connectivity index (χ1n) is 9.03. The third-order valence-corrected chi connectivity index (χ3v) is 4.69. The molecule has 0 spiro atoms. The molecule has 2 rings (SSSR count). The number of allylic oxidation sites excluding steroid dienone is 1. The first-order chi connectivity index (χ1) is 12.2. The second kappa shape index (κ2) is 10.4. The van der Waals surface area contributed by atoms with Crippen molar-refractivity contribution < 1.29 is 29.5 Å². The molecular weight excluding hydrogens is 320 g/mol. The highest BCUT2D eigenvalue weighted by atomic mass is 16.5. The molecule has 140 valence electrons. The molecule has 0 unspecified atom stereocenters. The third-order valence-electron chi connectivity index (χ3n) is 4.69. The Hall–Kier alpha value is -1.60. The minimum atomic E-state index is -0.507. The number of hydrogen-bond acceptors (Lipinski definition) is 4. The second-order valence-electron chi connectivity index (χ2n) is 6.62. The second-order valence-corrected chi connectivity index (χ2v) is 6.62. The number of methoxy groups -OCH3 is 1. The molecule has 1 aliphatic rings. The molecule has 1 aliphatic heterocycles. The van der Waals surface area contributed by atoms with E-state index in [0.29, 0.717) is 18.0 Å². The third kappa shape index (κ3) is 6.32. The number of hydrogen-bond donors (Lipinski definition) is 4. The molecule has 0 radical (unpaired) electrons. The maximum absolute atomic E-state index is 10.3. The highest BCUT2D eigenvalue weighted by molar-refractivity contribution is 5.43. The summed E-state index contributed by atoms with van der Waals surface area (Å²) in [7, 11) is 1.62. The van der Waals surface area contributed by atoms with Crippen molar-refractivity contribution in [1.29, 1.82) is 0 Å². The van der Waals surface area contributed by atoms with Crippen LogP contribution in [-0.4, -0.2) is 75.9 Å². The predicted octanol–water partition coefficient (Wildman–Crippen LogP) is -2.06. The van der Waals surface area contributed by atoms with Gasteiger partial charge in [0.1, 0.15) is 52.0 Å². The molecule has 6 nitrogen and oxygen atoms in total. The van der Waals surface area contributed by atoms with Gasteiger partial charge in [-0.05, 0) is 24.1 Å². The molecular formula is C19H32N2O4+2. The lowest BCUT2D eigenvalue weighted by Gasteiger charge is -2.30. The summed E-state index contributed by atoms with van der Waals surface area (Å²) in [5.41, 5.74) is 1.12. The number of ether oxygens (including phenoxy) is 2. The van der Waals surface area contributed by atoms with Gasteiger partial charge in [-0.1, -0.05) is 12.1 Å². The Morgan fingerprint density at radius 1 is 1.20 bits per heavy atom. The number of piperazine rings is 1. The van der Waals surface area contributed by atoms with Gasteiger partial charge in [0.25, 0.3) is 0 Å². The molecule has 1 saturated heterocycles. The van der Waals surface area contributed by atoms with E-state index in [-0.39, 0.29) is 13.2 Å². The Kier molecular flexibility index (Phi) is 8.21. The van der Waals surface area contributed by atoms with Gasteiger partial charge in [-0.25, -0.2) is 0 Å². The molecule has 1 aromatic carbocycles. The number of quaternary nitrogens is 2. The number of rotatable bonds is 10. The average molecular weight is 352 g/mol. The number of aliphatic hydroxyl groups excluding tert-OH is 2. The van der Waals surface area contributed by atoms with Crippen LogP contribution in [-0.2, 0) is 6.42 Å². The molecule has 0 aromatic heterocycles. The van der Waals surface area contributed by atoms with Gasteiger partial charge in [0.15, 0.2) is 11.5 Å². The van der Waals surface area contributed by atoms with Crippen LogP contribution in [0.15, 0.2) is 30.9 Å². The first-order valence-corrected chi connectivity index (χ1v) is 9.03. The zero-order valence-corrected chi connectivity index (χ0v) is 15.2. The van der Waals surface area contributed by atoms with Crippen LogP contribution in [0, 0.1) is 0 Å². The monoisotopic (exact) mass is 352 g/mol. The quantitative estimate of drug-likeness (QED) is 0.366. The van der Waals surface area contributed by atoms with Crippen LogP contribution in [0.4, 0.5) is 0 Å². The van der Waals surface area contributed by atoms with Crippen LogP contribution < -0.4 is 19.3 Å². The van der Waals surface area contributed by atoms with Crippen LogP contribution >= 0.6 is 0 Å². The van der Waals surface area contributed by atoms with Crippen molar-refractivity contribution in [3.8, 4) is 11.5 Å². The first kappa shape index (κ1) is 19.7. The van der Waals surface area contributed by atoms with Crippen molar-refractivity contribution >= 4 is 0 Å². The van der Waals surface area contributed by atoms with Crippen molar-refractivity contribution in [2.45, 2.75) is 12.5 Å². The summed E-state index contributed by atoms with van der Waals surface area (Å²) in [4.78, 5) is 2.84. The lowest BCUT2D eigenvalue weighted by Crippen LogP contribution is -3.28. The summed E-state index contributed by atoms with van der Waals surface area (Å²) < 4.78 is 11.2. The van der Waals surface area contributed by atoms with Gasteiger partial charge >= 0.3 is 0 Å². The zero-order chi connectivity index (χ0) is 18.1. The molecule has 4 N–H and O–H groups in total. The van der Waals surface area contributed by atoms with E-state index in [0.717, 1.165) is 44.7 Å². The van der Waals surface area contributed by atoms with Crippen LogP contribution in [0.3, 0.4) is 0 Å². The van der Waals surface area contributed by atoms with Gasteiger partial charge in [0, 0.05) is 0 Å². The van der Waals surface area contributed by atoms with E-state index >= 15 is 0 Å². The van der Waals surface area contributed by atoms with Gasteiger partial charge in [0.05, 0.1) is 13.7 Å². The normalized spacial score (nSPS) is 21.6. The van der Waals surface area contributed by atoms with Gasteiger partial charge in [0.2, 0.25) is 0 Å². The predicted molar refractivity (Wildman–Crippen MR) is 96.6 cm³/mol. The van der Waals surface area contributed by atoms with E-state index in [1.165, 1.54) is 9.80 Å². The fourth-order valence-corrected chi connectivity index (χ4v) is 3.27. The summed E-state index contributed by atoms with van der Waals surface area (Å²) in [5, 5.41) is 19.3. The van der Waals surface area contributed by atoms with E-state index in [1.54, 1.807) is 7.11 Å². The topological polar surface area (TPSA) is 67.8 Å². The average Bonchev–Trinajstić information content (AvgIpc) is 2.62. The minimum absolute atomic E-state index is 0.245. The Labute approximate surface area is 150 Å². The molecule has 25 heavy (non-hydrogen) atoms. The maximum Gasteiger partial charge on any atom is 0.161 e. The zero-order valence-electron chi connectivity index (χ0n) is 15.2. The molecule has 0 saturated carbocycles. The summed E-state index contributed by atoms with van der Waals surface area (Å²) >= 11 is 0. The highest BCUT2D eigenvalue weighted by Gasteiger charge is 2.24. The highest BCUT2D eigenvalue weighted by Crippen LogP contribution is 2.28. The van der Waals surface area contributed by atoms with Crippen molar-refractivity contribution in [2.24, 2.45) is 0 Å². The summed E-state index contributed by atoms with van der Waals surface area (Å²) in [6.07, 6.45) is 2.13. The maximum atomic E-state index is 10.3. The number of nitrogens with one attached hydrogen (secondary N) is 2. The van der Waals surface area contributed by atoms with Crippen molar-refractivity contribution in [2.75, 3.05) is 59.6 Å². The fraction of sp³-hybridized carbons (Fsp3) is 0.579. The largest absolute Gasteiger partial charge is 0.493 e. The molecule has 1 fully saturated rings. The van der Waals surface area contributed by atoms with E-state index in [9.17, 15) is 5.11 Å². The van der Waals surface area contributed by atoms with Gasteiger partial charge < -0.3 is 29.5 Å². The van der Waals surface area contributed by atoms with Crippen LogP contribution in [0.1, 0.15) is 5.56 Å². The molecule has 6 heteroatoms. The van der Waals surface area contributed by atoms with Gasteiger partial charge in [-0.3, -0.25) is 0 Å². The molecule has 1 heterocycles. The van der Waals surface area contributed by atoms with E-state index < -0.39 is 6.10 Å². The summed E-state index contributed by atoms with van der Waals surface area (Å²) in [6, 6.07) is 5.81. The van der Waals surface area contributed by atoms with E-state index in [1.807, 2.05) is 24.3 Å². The Balaban J connectivity index is 1.78. The van der Waals surface area contributed by atoms with E-state index in [4.69, 9.17) is 14.6 Å². The molecule has 0 bridgehead atoms. The number of aliphatic hydroxyl groups is 2. The Morgan fingerprint density at radius 3 is 2.56 bits per heavy atom. The molecule has 0 amide bonds. The smallest absolute Gasteiger partial charge is 0.161 e. The van der Waals surface area contributed by atoms with Gasteiger partial charge in [-0.15, -0.1) is 6.58 Å². The molecule has 1 atom stereocenters. The van der Waals surface area contributed by atoms with Crippen LogP contribution in [0.25, 0.3) is 0 Å². The lowest BCUT2D eigenvalue weighted by molar-refractivity contribution is -1.01. The Bertz CT molecular complexity index is 530. The van der Waals surface area contributed by atoms with Crippen LogP contribution in [0.2, 0.25) is 0 Å². The standard InChI is InChI=1S/C19H30N2O4/c1-3-4-16-5-6-18(19(13-16)24-2)25-15-17(23)14-21-9-7-20(8-10-21)11-12-22/h3,5-6,13,17,22-23H,1,4,7-12,14-15H2,2H3/p+2/t17-/m1/s1. The van der Waals surface area contributed by atoms with Crippen molar-refractivity contribution in [3.63, 3.8) is 0 Å². The summed E-state index contributed by atoms with van der Waals surface area (Å²) in [6.45, 7) is 9.88. The SMILES string of the molecule is C=CCc1ccc(OC[C@H](O)C[NH+]2CC[NH+](CCO)CC2)c(OC)c1. The summed E-state index contributed by atoms with van der Waals surface area (Å²) in [5.74, 6) is 1.33. The molecule has 0 aliphatic carbocycles. The van der Waals surface area contributed by atoms with Crippen LogP contribution in [0.5, 0.6) is 11.5 Å². The van der Waals surface area contributed by atoms with Crippen molar-refractivity contribution in [3.05, 3.63) is 36.4 Å². The minimum Gasteiger partial charge on any atom is -0.493 e. The fourth-order valence-electron chi connectivity index (χ4n) is 3.27.